The zero-order chi connectivity index (χ0) is 42.6. The normalized spacial score (nSPS) is 14.2. The third-order valence-electron chi connectivity index (χ3n) is 9.75. The maximum atomic E-state index is 12.6. The first-order valence-corrected chi connectivity index (χ1v) is 24.6. The van der Waals surface area contributed by atoms with Crippen LogP contribution in [0.4, 0.5) is 0 Å². The summed E-state index contributed by atoms with van der Waals surface area (Å²) in [6.45, 7) is 2.27. The Hall–Kier alpha value is -2.07. The molecule has 338 valence electrons. The number of hydrogen-bond donors (Lipinski definition) is 3. The van der Waals surface area contributed by atoms with Crippen molar-refractivity contribution in [2.24, 2.45) is 0 Å². The largest absolute Gasteiger partial charge is 0.472 e. The van der Waals surface area contributed by atoms with Crippen LogP contribution in [0.15, 0.2) is 48.6 Å². The molecule has 11 heteroatoms. The van der Waals surface area contributed by atoms with Crippen molar-refractivity contribution in [1.82, 2.24) is 0 Å². The van der Waals surface area contributed by atoms with E-state index in [1.807, 2.05) is 0 Å². The molecule has 3 atom stereocenters. The summed E-state index contributed by atoms with van der Waals surface area (Å²) in [5.41, 5.74) is 0. The van der Waals surface area contributed by atoms with Gasteiger partial charge in [0.15, 0.2) is 6.10 Å². The van der Waals surface area contributed by atoms with Crippen molar-refractivity contribution in [1.29, 1.82) is 0 Å². The van der Waals surface area contributed by atoms with Gasteiger partial charge < -0.3 is 24.6 Å². The Morgan fingerprint density at radius 3 is 1.43 bits per heavy atom. The molecule has 3 unspecified atom stereocenters. The second-order valence-electron chi connectivity index (χ2n) is 15.4. The van der Waals surface area contributed by atoms with Crippen LogP contribution in [0, 0.1) is 0 Å². The highest BCUT2D eigenvalue weighted by molar-refractivity contribution is 7.47. The SMILES string of the molecule is CC/C=C\C/C=C\C/C=C\C/C=C\CCCCCCCCC(=O)OC(COC(=O)CCCCCCCCCCCCCCCCCC)COP(=O)(O)OCC(O)CO. The van der Waals surface area contributed by atoms with E-state index in [0.717, 1.165) is 83.5 Å². The van der Waals surface area contributed by atoms with Crippen LogP contribution >= 0.6 is 7.82 Å². The van der Waals surface area contributed by atoms with E-state index in [1.54, 1.807) is 0 Å². The summed E-state index contributed by atoms with van der Waals surface area (Å²) >= 11 is 0. The summed E-state index contributed by atoms with van der Waals surface area (Å²) in [7, 11) is -4.62. The minimum absolute atomic E-state index is 0.168. The van der Waals surface area contributed by atoms with E-state index in [9.17, 15) is 24.2 Å². The minimum atomic E-state index is -4.62. The van der Waals surface area contributed by atoms with E-state index in [1.165, 1.54) is 77.0 Å². The third-order valence-corrected chi connectivity index (χ3v) is 10.7. The van der Waals surface area contributed by atoms with Gasteiger partial charge >= 0.3 is 19.8 Å². The average molecular weight is 841 g/mol. The van der Waals surface area contributed by atoms with Crippen LogP contribution in [-0.4, -0.2) is 65.7 Å². The fourth-order valence-corrected chi connectivity index (χ4v) is 7.01. The lowest BCUT2D eigenvalue weighted by molar-refractivity contribution is -0.161. The quantitative estimate of drug-likeness (QED) is 0.0234. The van der Waals surface area contributed by atoms with Crippen LogP contribution in [0.5, 0.6) is 0 Å². The molecule has 3 N–H and O–H groups in total. The van der Waals surface area contributed by atoms with Crippen LogP contribution in [0.1, 0.15) is 200 Å². The fraction of sp³-hybridized carbons (Fsp3) is 0.787. The van der Waals surface area contributed by atoms with Gasteiger partial charge in [0.2, 0.25) is 0 Å². The monoisotopic (exact) mass is 841 g/mol. The number of ether oxygens (including phenoxy) is 2. The summed E-state index contributed by atoms with van der Waals surface area (Å²) in [5, 5.41) is 18.4. The number of aliphatic hydroxyl groups excluding tert-OH is 2. The van der Waals surface area contributed by atoms with Crippen molar-refractivity contribution in [2.45, 2.75) is 212 Å². The van der Waals surface area contributed by atoms with Gasteiger partial charge in [-0.1, -0.05) is 184 Å². The smallest absolute Gasteiger partial charge is 0.462 e. The maximum Gasteiger partial charge on any atom is 0.472 e. The molecule has 0 aromatic rings. The summed E-state index contributed by atoms with van der Waals surface area (Å²) in [5.74, 6) is -0.936. The first kappa shape index (κ1) is 55.9. The molecule has 0 aromatic heterocycles. The summed E-state index contributed by atoms with van der Waals surface area (Å²) in [4.78, 5) is 35.1. The number of carbonyl (C=O) groups is 2. The Labute approximate surface area is 353 Å². The van der Waals surface area contributed by atoms with Gasteiger partial charge in [-0.3, -0.25) is 18.6 Å². The van der Waals surface area contributed by atoms with Gasteiger partial charge in [-0.25, -0.2) is 4.57 Å². The van der Waals surface area contributed by atoms with E-state index in [0.29, 0.717) is 12.8 Å². The van der Waals surface area contributed by atoms with Gasteiger partial charge in [-0.05, 0) is 51.4 Å². The molecule has 0 bridgehead atoms. The first-order valence-electron chi connectivity index (χ1n) is 23.1. The highest BCUT2D eigenvalue weighted by Crippen LogP contribution is 2.43. The lowest BCUT2D eigenvalue weighted by Crippen LogP contribution is -2.29. The lowest BCUT2D eigenvalue weighted by atomic mass is 10.0. The number of aliphatic hydroxyl groups is 2. The van der Waals surface area contributed by atoms with Crippen molar-refractivity contribution in [3.05, 3.63) is 48.6 Å². The number of unbranched alkanes of at least 4 members (excludes halogenated alkanes) is 21. The summed E-state index contributed by atoms with van der Waals surface area (Å²) in [6, 6.07) is 0. The molecule has 0 aliphatic carbocycles. The molecule has 0 aromatic carbocycles. The van der Waals surface area contributed by atoms with E-state index in [-0.39, 0.29) is 19.4 Å². The maximum absolute atomic E-state index is 12.6. The van der Waals surface area contributed by atoms with E-state index >= 15 is 0 Å². The molecule has 0 aliphatic rings. The fourth-order valence-electron chi connectivity index (χ4n) is 6.22. The van der Waals surface area contributed by atoms with Crippen molar-refractivity contribution in [3.8, 4) is 0 Å². The topological polar surface area (TPSA) is 149 Å². The second-order valence-corrected chi connectivity index (χ2v) is 16.9. The lowest BCUT2D eigenvalue weighted by Gasteiger charge is -2.20. The molecule has 0 radical (unpaired) electrons. The van der Waals surface area contributed by atoms with Crippen molar-refractivity contribution < 1.29 is 47.8 Å². The van der Waals surface area contributed by atoms with Gasteiger partial charge in [-0.15, -0.1) is 0 Å². The Bertz CT molecular complexity index is 1110. The van der Waals surface area contributed by atoms with E-state index in [2.05, 4.69) is 62.5 Å². The Morgan fingerprint density at radius 2 is 0.948 bits per heavy atom. The van der Waals surface area contributed by atoms with Gasteiger partial charge in [-0.2, -0.15) is 0 Å². The molecule has 0 fully saturated rings. The standard InChI is InChI=1S/C47H85O10P/c1-3-5-7-9-11-13-15-17-19-21-22-23-25-27-29-31-33-35-37-39-47(51)57-45(43-56-58(52,53)55-41-44(49)40-48)42-54-46(50)38-36-34-32-30-28-26-24-20-18-16-14-12-10-8-6-4-2/h5,7,11,13,17,19,22-23,44-45,48-49H,3-4,6,8-10,12,14-16,18,20-21,24-43H2,1-2H3,(H,52,53)/b7-5-,13-11-,19-17-,23-22-. The molecule has 0 saturated carbocycles. The Kier molecular flexibility index (Phi) is 41.5. The predicted octanol–water partition coefficient (Wildman–Crippen LogP) is 12.5. The van der Waals surface area contributed by atoms with Crippen molar-refractivity contribution in [2.75, 3.05) is 26.4 Å². The molecule has 0 spiro atoms. The van der Waals surface area contributed by atoms with Crippen LogP contribution < -0.4 is 0 Å². The van der Waals surface area contributed by atoms with Gasteiger partial charge in [0.05, 0.1) is 19.8 Å². The average Bonchev–Trinajstić information content (AvgIpc) is 3.21. The zero-order valence-electron chi connectivity index (χ0n) is 36.8. The summed E-state index contributed by atoms with van der Waals surface area (Å²) in [6.07, 6.45) is 46.4. The molecular formula is C47H85O10P. The zero-order valence-corrected chi connectivity index (χ0v) is 37.6. The first-order chi connectivity index (χ1) is 28.2. The predicted molar refractivity (Wildman–Crippen MR) is 237 cm³/mol. The van der Waals surface area contributed by atoms with Crippen LogP contribution in [0.3, 0.4) is 0 Å². The van der Waals surface area contributed by atoms with Gasteiger partial charge in [0, 0.05) is 12.8 Å². The Morgan fingerprint density at radius 1 is 0.534 bits per heavy atom. The number of allylic oxidation sites excluding steroid dienone is 8. The number of carbonyl (C=O) groups excluding carboxylic acids is 2. The molecule has 10 nitrogen and oxygen atoms in total. The molecule has 0 saturated heterocycles. The number of rotatable bonds is 43. The minimum Gasteiger partial charge on any atom is -0.462 e. The van der Waals surface area contributed by atoms with E-state index < -0.39 is 51.8 Å². The van der Waals surface area contributed by atoms with Crippen molar-refractivity contribution in [3.63, 3.8) is 0 Å². The highest BCUT2D eigenvalue weighted by Gasteiger charge is 2.27. The molecular weight excluding hydrogens is 755 g/mol. The molecule has 0 heterocycles. The van der Waals surface area contributed by atoms with Crippen LogP contribution in [0.25, 0.3) is 0 Å². The van der Waals surface area contributed by atoms with Crippen molar-refractivity contribution >= 4 is 19.8 Å². The third kappa shape index (κ3) is 42.1. The van der Waals surface area contributed by atoms with Gasteiger partial charge in [0.25, 0.3) is 0 Å². The molecule has 0 rings (SSSR count). The number of phosphoric ester groups is 1. The number of hydrogen-bond acceptors (Lipinski definition) is 9. The van der Waals surface area contributed by atoms with E-state index in [4.69, 9.17) is 23.6 Å². The van der Waals surface area contributed by atoms with Crippen LogP contribution in [0.2, 0.25) is 0 Å². The number of esters is 2. The molecule has 58 heavy (non-hydrogen) atoms. The van der Waals surface area contributed by atoms with Crippen LogP contribution in [-0.2, 0) is 32.7 Å². The molecule has 0 amide bonds. The molecule has 0 aliphatic heterocycles. The number of phosphoric acid groups is 1. The van der Waals surface area contributed by atoms with Gasteiger partial charge in [0.1, 0.15) is 12.7 Å². The highest BCUT2D eigenvalue weighted by atomic mass is 31.2. The summed E-state index contributed by atoms with van der Waals surface area (Å²) < 4.78 is 32.8. The Balaban J connectivity index is 4.27. The second kappa shape index (κ2) is 43.0.